The standard InChI is InChI=1S/C19H32N4O.HI/c1-5-16(6-2)14-22-19(20-7-3)21-13-12-17-8-10-18(11-9-17)23-15(4)24;/h8-11,16H,5-7,12-14H2,1-4H3,(H,23,24)(H2,20,21,22);1H. The Morgan fingerprint density at radius 1 is 1.08 bits per heavy atom. The molecule has 142 valence electrons. The topological polar surface area (TPSA) is 65.5 Å². The number of amides is 1. The van der Waals surface area contributed by atoms with E-state index in [0.29, 0.717) is 5.92 Å². The molecule has 1 rings (SSSR count). The Morgan fingerprint density at radius 2 is 1.72 bits per heavy atom. The molecule has 1 aromatic rings. The molecule has 0 spiro atoms. The third-order valence-electron chi connectivity index (χ3n) is 3.99. The van der Waals surface area contributed by atoms with Crippen LogP contribution in [0.2, 0.25) is 0 Å². The molecule has 0 aromatic heterocycles. The van der Waals surface area contributed by atoms with Gasteiger partial charge in [-0.2, -0.15) is 0 Å². The van der Waals surface area contributed by atoms with Crippen LogP contribution >= 0.6 is 24.0 Å². The van der Waals surface area contributed by atoms with Gasteiger partial charge in [-0.05, 0) is 37.0 Å². The van der Waals surface area contributed by atoms with Gasteiger partial charge in [-0.25, -0.2) is 0 Å². The SMILES string of the molecule is CCNC(=NCC(CC)CC)NCCc1ccc(NC(C)=O)cc1.I. The molecule has 1 aromatic carbocycles. The second-order valence-electron chi connectivity index (χ2n) is 5.96. The van der Waals surface area contributed by atoms with Crippen LogP contribution in [0.4, 0.5) is 5.69 Å². The molecule has 5 nitrogen and oxygen atoms in total. The normalized spacial score (nSPS) is 11.0. The summed E-state index contributed by atoms with van der Waals surface area (Å²) in [6, 6.07) is 7.95. The predicted molar refractivity (Wildman–Crippen MR) is 118 cm³/mol. The molecule has 6 heteroatoms. The van der Waals surface area contributed by atoms with E-state index in [-0.39, 0.29) is 29.9 Å². The van der Waals surface area contributed by atoms with Crippen LogP contribution in [0.15, 0.2) is 29.3 Å². The van der Waals surface area contributed by atoms with Crippen LogP contribution < -0.4 is 16.0 Å². The number of halogens is 1. The van der Waals surface area contributed by atoms with Crippen LogP contribution in [-0.4, -0.2) is 31.5 Å². The zero-order valence-corrected chi connectivity index (χ0v) is 18.2. The Kier molecular flexibility index (Phi) is 13.2. The van der Waals surface area contributed by atoms with Crippen molar-refractivity contribution < 1.29 is 4.79 Å². The molecular formula is C19H33IN4O. The Bertz CT molecular complexity index is 513. The highest BCUT2D eigenvalue weighted by Crippen LogP contribution is 2.10. The molecular weight excluding hydrogens is 427 g/mol. The first-order chi connectivity index (χ1) is 11.6. The largest absolute Gasteiger partial charge is 0.357 e. The Labute approximate surface area is 169 Å². The number of benzene rings is 1. The summed E-state index contributed by atoms with van der Waals surface area (Å²) in [6.45, 7) is 10.6. The van der Waals surface area contributed by atoms with E-state index < -0.39 is 0 Å². The van der Waals surface area contributed by atoms with Gasteiger partial charge in [0.1, 0.15) is 0 Å². The lowest BCUT2D eigenvalue weighted by Gasteiger charge is -2.14. The Balaban J connectivity index is 0.00000576. The fraction of sp³-hybridized carbons (Fsp3) is 0.579. The quantitative estimate of drug-likeness (QED) is 0.299. The summed E-state index contributed by atoms with van der Waals surface area (Å²) in [5.74, 6) is 1.49. The van der Waals surface area contributed by atoms with Crippen LogP contribution in [0.25, 0.3) is 0 Å². The van der Waals surface area contributed by atoms with Crippen molar-refractivity contribution in [3.05, 3.63) is 29.8 Å². The molecule has 0 atom stereocenters. The van der Waals surface area contributed by atoms with Crippen molar-refractivity contribution in [3.63, 3.8) is 0 Å². The van der Waals surface area contributed by atoms with Gasteiger partial charge in [-0.15, -0.1) is 24.0 Å². The average molecular weight is 460 g/mol. The minimum absolute atomic E-state index is 0. The summed E-state index contributed by atoms with van der Waals surface area (Å²) in [5.41, 5.74) is 2.06. The van der Waals surface area contributed by atoms with Crippen molar-refractivity contribution in [2.75, 3.05) is 25.0 Å². The molecule has 0 radical (unpaired) electrons. The summed E-state index contributed by atoms with van der Waals surface area (Å²) in [5, 5.41) is 9.46. The van der Waals surface area contributed by atoms with Crippen LogP contribution in [0.5, 0.6) is 0 Å². The van der Waals surface area contributed by atoms with Gasteiger partial charge in [0, 0.05) is 32.2 Å². The van der Waals surface area contributed by atoms with E-state index in [1.165, 1.54) is 25.3 Å². The minimum atomic E-state index is -0.0478. The molecule has 1 amide bonds. The highest BCUT2D eigenvalue weighted by Gasteiger charge is 2.04. The van der Waals surface area contributed by atoms with Gasteiger partial charge in [0.2, 0.25) is 5.91 Å². The van der Waals surface area contributed by atoms with Gasteiger partial charge < -0.3 is 16.0 Å². The zero-order valence-electron chi connectivity index (χ0n) is 15.9. The fourth-order valence-corrected chi connectivity index (χ4v) is 2.39. The van der Waals surface area contributed by atoms with Gasteiger partial charge in [-0.1, -0.05) is 38.8 Å². The molecule has 0 unspecified atom stereocenters. The van der Waals surface area contributed by atoms with E-state index >= 15 is 0 Å². The number of guanidine groups is 1. The van der Waals surface area contributed by atoms with Gasteiger partial charge in [-0.3, -0.25) is 9.79 Å². The van der Waals surface area contributed by atoms with Crippen LogP contribution in [0, 0.1) is 5.92 Å². The van der Waals surface area contributed by atoms with E-state index in [1.807, 2.05) is 24.3 Å². The zero-order chi connectivity index (χ0) is 17.8. The molecule has 3 N–H and O–H groups in total. The third-order valence-corrected chi connectivity index (χ3v) is 3.99. The average Bonchev–Trinajstić information content (AvgIpc) is 2.56. The van der Waals surface area contributed by atoms with E-state index in [9.17, 15) is 4.79 Å². The van der Waals surface area contributed by atoms with Gasteiger partial charge in [0.05, 0.1) is 0 Å². The summed E-state index contributed by atoms with van der Waals surface area (Å²) in [4.78, 5) is 15.7. The lowest BCUT2D eigenvalue weighted by Crippen LogP contribution is -2.38. The summed E-state index contributed by atoms with van der Waals surface area (Å²) in [7, 11) is 0. The van der Waals surface area contributed by atoms with E-state index in [2.05, 4.69) is 41.7 Å². The molecule has 25 heavy (non-hydrogen) atoms. The highest BCUT2D eigenvalue weighted by molar-refractivity contribution is 14.0. The second kappa shape index (κ2) is 13.9. The predicted octanol–water partition coefficient (Wildman–Crippen LogP) is 3.80. The second-order valence-corrected chi connectivity index (χ2v) is 5.96. The first-order valence-corrected chi connectivity index (χ1v) is 8.97. The molecule has 0 saturated carbocycles. The van der Waals surface area contributed by atoms with Gasteiger partial charge >= 0.3 is 0 Å². The molecule has 0 aliphatic carbocycles. The first-order valence-electron chi connectivity index (χ1n) is 8.97. The first kappa shape index (κ1) is 23.7. The monoisotopic (exact) mass is 460 g/mol. The van der Waals surface area contributed by atoms with Crippen LogP contribution in [-0.2, 0) is 11.2 Å². The number of carbonyl (C=O) groups excluding carboxylic acids is 1. The molecule has 0 bridgehead atoms. The molecule has 0 fully saturated rings. The Morgan fingerprint density at radius 3 is 2.24 bits per heavy atom. The van der Waals surface area contributed by atoms with Crippen molar-refractivity contribution in [1.82, 2.24) is 10.6 Å². The lowest BCUT2D eigenvalue weighted by atomic mass is 10.0. The van der Waals surface area contributed by atoms with Crippen molar-refractivity contribution in [1.29, 1.82) is 0 Å². The van der Waals surface area contributed by atoms with Gasteiger partial charge in [0.25, 0.3) is 0 Å². The number of hydrogen-bond donors (Lipinski definition) is 3. The molecule has 0 heterocycles. The van der Waals surface area contributed by atoms with Crippen molar-refractivity contribution in [2.24, 2.45) is 10.9 Å². The number of rotatable bonds is 9. The van der Waals surface area contributed by atoms with Crippen LogP contribution in [0.3, 0.4) is 0 Å². The summed E-state index contributed by atoms with van der Waals surface area (Å²) < 4.78 is 0. The maximum atomic E-state index is 11.0. The van der Waals surface area contributed by atoms with Crippen LogP contribution in [0.1, 0.15) is 46.1 Å². The fourth-order valence-electron chi connectivity index (χ4n) is 2.39. The van der Waals surface area contributed by atoms with Crippen molar-refractivity contribution in [2.45, 2.75) is 47.0 Å². The molecule has 0 aliphatic rings. The number of carbonyl (C=O) groups is 1. The maximum Gasteiger partial charge on any atom is 0.221 e. The molecule has 0 aliphatic heterocycles. The highest BCUT2D eigenvalue weighted by atomic mass is 127. The Hall–Kier alpha value is -1.31. The van der Waals surface area contributed by atoms with E-state index in [1.54, 1.807) is 0 Å². The third kappa shape index (κ3) is 10.3. The number of nitrogens with zero attached hydrogens (tertiary/aromatic N) is 1. The number of hydrogen-bond acceptors (Lipinski definition) is 2. The van der Waals surface area contributed by atoms with Crippen molar-refractivity contribution in [3.8, 4) is 0 Å². The summed E-state index contributed by atoms with van der Waals surface area (Å²) in [6.07, 6.45) is 3.25. The number of aliphatic imine (C=N–C) groups is 1. The van der Waals surface area contributed by atoms with E-state index in [0.717, 1.165) is 37.7 Å². The minimum Gasteiger partial charge on any atom is -0.357 e. The van der Waals surface area contributed by atoms with Gasteiger partial charge in [0.15, 0.2) is 5.96 Å². The maximum absolute atomic E-state index is 11.0. The smallest absolute Gasteiger partial charge is 0.221 e. The number of nitrogens with one attached hydrogen (secondary N) is 3. The number of anilines is 1. The van der Waals surface area contributed by atoms with Crippen molar-refractivity contribution >= 4 is 41.5 Å². The molecule has 0 saturated heterocycles. The summed E-state index contributed by atoms with van der Waals surface area (Å²) >= 11 is 0. The lowest BCUT2D eigenvalue weighted by molar-refractivity contribution is -0.114. The van der Waals surface area contributed by atoms with E-state index in [4.69, 9.17) is 0 Å².